The van der Waals surface area contributed by atoms with Crippen LogP contribution in [0.3, 0.4) is 0 Å². The number of hydrogen-bond acceptors (Lipinski definition) is 5. The van der Waals surface area contributed by atoms with E-state index < -0.39 is 16.1 Å². The smallest absolute Gasteiger partial charge is 0.128 e. The Morgan fingerprint density at radius 3 is 1.38 bits per heavy atom. The van der Waals surface area contributed by atoms with Crippen LogP contribution in [0, 0.1) is 0 Å². The van der Waals surface area contributed by atoms with Gasteiger partial charge >= 0.3 is 0 Å². The molecule has 0 aliphatic rings. The van der Waals surface area contributed by atoms with Crippen LogP contribution in [0.1, 0.15) is 63.8 Å². The summed E-state index contributed by atoms with van der Waals surface area (Å²) < 4.78 is 5.50. The molecule has 0 atom stereocenters. The minimum atomic E-state index is -1.66. The first-order valence-corrected chi connectivity index (χ1v) is 21.6. The molecule has 0 unspecified atom stereocenters. The van der Waals surface area contributed by atoms with Crippen LogP contribution in [-0.2, 0) is 10.8 Å². The van der Waals surface area contributed by atoms with Crippen LogP contribution in [-0.4, -0.2) is 45.9 Å². The Labute approximate surface area is 255 Å². The second kappa shape index (κ2) is 11.8. The highest BCUT2D eigenvalue weighted by atomic mass is 28.3. The summed E-state index contributed by atoms with van der Waals surface area (Å²) in [7, 11) is -1.69. The fourth-order valence-electron chi connectivity index (χ4n) is 4.64. The minimum Gasteiger partial charge on any atom is -0.507 e. The van der Waals surface area contributed by atoms with Crippen LogP contribution in [0.4, 0.5) is 11.4 Å². The van der Waals surface area contributed by atoms with Gasteiger partial charge in [0.2, 0.25) is 0 Å². The molecular formula is C35H50N2O3Si2. The predicted octanol–water partition coefficient (Wildman–Crippen LogP) is 8.29. The van der Waals surface area contributed by atoms with Gasteiger partial charge in [-0.15, -0.1) is 0 Å². The molecular weight excluding hydrogens is 553 g/mol. The van der Waals surface area contributed by atoms with Gasteiger partial charge in [-0.25, -0.2) is 0 Å². The molecule has 0 bridgehead atoms. The molecule has 0 saturated carbocycles. The zero-order chi connectivity index (χ0) is 31.8. The fraction of sp³-hybridized carbons (Fsp3) is 0.429. The molecule has 0 fully saturated rings. The summed E-state index contributed by atoms with van der Waals surface area (Å²) in [5.41, 5.74) is 4.04. The second-order valence-electron chi connectivity index (χ2n) is 15.3. The van der Waals surface area contributed by atoms with Crippen LogP contribution in [0.25, 0.3) is 0 Å². The van der Waals surface area contributed by atoms with E-state index in [1.54, 1.807) is 19.5 Å². The van der Waals surface area contributed by atoms with Crippen LogP contribution >= 0.6 is 0 Å². The van der Waals surface area contributed by atoms with Crippen molar-refractivity contribution in [3.05, 3.63) is 64.7 Å². The van der Waals surface area contributed by atoms with Crippen LogP contribution in [0.15, 0.2) is 52.4 Å². The lowest BCUT2D eigenvalue weighted by Gasteiger charge is -2.26. The number of aromatic hydroxyl groups is 2. The van der Waals surface area contributed by atoms with Crippen molar-refractivity contribution in [2.45, 2.75) is 91.7 Å². The van der Waals surface area contributed by atoms with Gasteiger partial charge < -0.3 is 14.9 Å². The number of aliphatic imine (C=N–C) groups is 2. The van der Waals surface area contributed by atoms with Gasteiger partial charge in [0.25, 0.3) is 0 Å². The maximum atomic E-state index is 11.3. The van der Waals surface area contributed by atoms with Crippen molar-refractivity contribution in [1.29, 1.82) is 0 Å². The maximum Gasteiger partial charge on any atom is 0.128 e. The predicted molar refractivity (Wildman–Crippen MR) is 187 cm³/mol. The molecule has 3 rings (SSSR count). The average molecular weight is 603 g/mol. The first-order chi connectivity index (χ1) is 19.1. The van der Waals surface area contributed by atoms with Crippen LogP contribution in [0.2, 0.25) is 39.3 Å². The minimum absolute atomic E-state index is 0.212. The Morgan fingerprint density at radius 1 is 0.619 bits per heavy atom. The van der Waals surface area contributed by atoms with Crippen molar-refractivity contribution < 1.29 is 14.9 Å². The van der Waals surface area contributed by atoms with Gasteiger partial charge in [-0.05, 0) is 34.1 Å². The highest BCUT2D eigenvalue weighted by molar-refractivity contribution is 6.89. The summed E-state index contributed by atoms with van der Waals surface area (Å²) in [5, 5.41) is 25.1. The van der Waals surface area contributed by atoms with Crippen LogP contribution < -0.4 is 15.1 Å². The largest absolute Gasteiger partial charge is 0.507 e. The molecule has 3 aromatic carbocycles. The summed E-state index contributed by atoms with van der Waals surface area (Å²) in [5.74, 6) is 1.17. The Bertz CT molecular complexity index is 1510. The number of ether oxygens (including phenoxy) is 1. The summed E-state index contributed by atoms with van der Waals surface area (Å²) in [4.78, 5) is 9.63. The summed E-state index contributed by atoms with van der Waals surface area (Å²) in [6.07, 6.45) is 3.46. The Kier molecular flexibility index (Phi) is 9.40. The van der Waals surface area contributed by atoms with E-state index in [0.29, 0.717) is 28.3 Å². The lowest BCUT2D eigenvalue weighted by Crippen LogP contribution is -2.38. The first kappa shape index (κ1) is 33.3. The summed E-state index contributed by atoms with van der Waals surface area (Å²) in [6, 6.07) is 14.0. The molecule has 0 aliphatic heterocycles. The molecule has 3 aromatic rings. The Morgan fingerprint density at radius 2 is 1.02 bits per heavy atom. The molecule has 0 spiro atoms. The first-order valence-electron chi connectivity index (χ1n) is 14.6. The van der Waals surface area contributed by atoms with Gasteiger partial charge in [0.15, 0.2) is 0 Å². The molecule has 0 heterocycles. The Balaban J connectivity index is 2.17. The molecule has 0 radical (unpaired) electrons. The summed E-state index contributed by atoms with van der Waals surface area (Å²) in [6.45, 7) is 26.5. The van der Waals surface area contributed by atoms with Gasteiger partial charge in [0.05, 0.1) is 34.6 Å². The van der Waals surface area contributed by atoms with Crippen molar-refractivity contribution >= 4 is 50.3 Å². The maximum absolute atomic E-state index is 11.3. The zero-order valence-electron chi connectivity index (χ0n) is 27.9. The molecule has 0 aromatic heterocycles. The standard InChI is InChI=1S/C35H50N2O3Si2/c1-34(2,3)28-19-26(41(8,9)10)16-23(32(28)38)21-36-30-15-14-25(40-7)18-31(30)37-22-24-17-27(42(11,12)13)20-29(33(24)39)35(4,5)6/h14-22,38-39H,1-13H3. The van der Waals surface area contributed by atoms with E-state index in [1.807, 2.05) is 18.2 Å². The van der Waals surface area contributed by atoms with E-state index in [0.717, 1.165) is 11.1 Å². The highest BCUT2D eigenvalue weighted by Gasteiger charge is 2.27. The lowest BCUT2D eigenvalue weighted by atomic mass is 9.85. The Hall–Kier alpha value is -3.17. The number of phenols is 2. The molecule has 42 heavy (non-hydrogen) atoms. The van der Waals surface area contributed by atoms with E-state index in [9.17, 15) is 10.2 Å². The van der Waals surface area contributed by atoms with Gasteiger partial charge in [-0.2, -0.15) is 0 Å². The molecule has 0 saturated heterocycles. The van der Waals surface area contributed by atoms with Crippen molar-refractivity contribution in [3.8, 4) is 17.2 Å². The molecule has 0 aliphatic carbocycles. The van der Waals surface area contributed by atoms with Gasteiger partial charge in [0, 0.05) is 29.6 Å². The number of hydrogen-bond donors (Lipinski definition) is 2. The SMILES string of the molecule is COc1ccc(N=Cc2cc([Si](C)(C)C)cc(C(C)(C)C)c2O)c(N=Cc2cc([Si](C)(C)C)cc(C(C)(C)C)c2O)c1. The molecule has 5 nitrogen and oxygen atoms in total. The van der Waals surface area contributed by atoms with Crippen molar-refractivity contribution in [2.24, 2.45) is 9.98 Å². The third-order valence-electron chi connectivity index (χ3n) is 7.49. The number of nitrogens with zero attached hydrogens (tertiary/aromatic N) is 2. The van der Waals surface area contributed by atoms with E-state index >= 15 is 0 Å². The van der Waals surface area contributed by atoms with E-state index in [2.05, 4.69) is 105 Å². The molecule has 0 amide bonds. The highest BCUT2D eigenvalue weighted by Crippen LogP contribution is 2.36. The molecule has 2 N–H and O–H groups in total. The summed E-state index contributed by atoms with van der Waals surface area (Å²) >= 11 is 0. The van der Waals surface area contributed by atoms with Gasteiger partial charge in [-0.3, -0.25) is 9.98 Å². The quantitative estimate of drug-likeness (QED) is 0.211. The normalized spacial score (nSPS) is 13.4. The third-order valence-corrected chi connectivity index (χ3v) is 11.5. The topological polar surface area (TPSA) is 74.4 Å². The van der Waals surface area contributed by atoms with E-state index in [-0.39, 0.29) is 22.3 Å². The van der Waals surface area contributed by atoms with Gasteiger partial charge in [0.1, 0.15) is 17.2 Å². The lowest BCUT2D eigenvalue weighted by molar-refractivity contribution is 0.415. The van der Waals surface area contributed by atoms with Crippen LogP contribution in [0.5, 0.6) is 17.2 Å². The van der Waals surface area contributed by atoms with E-state index in [4.69, 9.17) is 14.7 Å². The fourth-order valence-corrected chi connectivity index (χ4v) is 6.97. The molecule has 226 valence electrons. The number of rotatable bonds is 7. The van der Waals surface area contributed by atoms with Crippen molar-refractivity contribution in [3.63, 3.8) is 0 Å². The monoisotopic (exact) mass is 602 g/mol. The van der Waals surface area contributed by atoms with Crippen molar-refractivity contribution in [1.82, 2.24) is 0 Å². The number of methoxy groups -OCH3 is 1. The number of benzene rings is 3. The van der Waals surface area contributed by atoms with E-state index in [1.165, 1.54) is 10.4 Å². The second-order valence-corrected chi connectivity index (χ2v) is 25.4. The molecule has 7 heteroatoms. The van der Waals surface area contributed by atoms with Crippen molar-refractivity contribution in [2.75, 3.05) is 7.11 Å². The zero-order valence-corrected chi connectivity index (χ0v) is 29.9. The third kappa shape index (κ3) is 7.81. The number of phenolic OH excluding ortho intramolecular Hbond substituents is 2. The average Bonchev–Trinajstić information content (AvgIpc) is 2.84. The van der Waals surface area contributed by atoms with Gasteiger partial charge in [-0.1, -0.05) is 115 Å².